The van der Waals surface area contributed by atoms with Crippen LogP contribution in [0.4, 0.5) is 4.79 Å². The summed E-state index contributed by atoms with van der Waals surface area (Å²) in [5.41, 5.74) is 1.07. The summed E-state index contributed by atoms with van der Waals surface area (Å²) >= 11 is 0. The molecule has 3 atom stereocenters. The molecule has 2 aromatic rings. The van der Waals surface area contributed by atoms with Crippen LogP contribution in [0.15, 0.2) is 72.1 Å². The van der Waals surface area contributed by atoms with Crippen molar-refractivity contribution in [3.05, 3.63) is 83.3 Å². The van der Waals surface area contributed by atoms with E-state index in [1.807, 2.05) is 0 Å². The second-order valence-electron chi connectivity index (χ2n) is 10.3. The van der Waals surface area contributed by atoms with Crippen LogP contribution in [0.1, 0.15) is 44.4 Å². The number of carbonyl (C=O) groups excluding carboxylic acids is 5. The van der Waals surface area contributed by atoms with Gasteiger partial charge in [0, 0.05) is 18.2 Å². The summed E-state index contributed by atoms with van der Waals surface area (Å²) in [7, 11) is -3.38. The highest BCUT2D eigenvalue weighted by Gasteiger charge is 2.33. The lowest BCUT2D eigenvalue weighted by atomic mass is 10.0. The van der Waals surface area contributed by atoms with Crippen LogP contribution in [0.2, 0.25) is 0 Å². The lowest BCUT2D eigenvalue weighted by molar-refractivity contribution is -0.145. The number of carbonyl (C=O) groups is 5. The van der Waals surface area contributed by atoms with Crippen LogP contribution >= 0.6 is 0 Å². The molecule has 0 aliphatic carbocycles. The number of amides is 4. The van der Waals surface area contributed by atoms with Crippen LogP contribution in [0.25, 0.3) is 0 Å². The Morgan fingerprint density at radius 1 is 0.822 bits per heavy atom. The highest BCUT2D eigenvalue weighted by atomic mass is 32.2. The number of rotatable bonds is 16. The molecule has 4 amide bonds. The summed E-state index contributed by atoms with van der Waals surface area (Å²) in [6.07, 6.45) is 0.772. The van der Waals surface area contributed by atoms with Crippen molar-refractivity contribution in [3.63, 3.8) is 0 Å². The Kier molecular flexibility index (Phi) is 14.7. The van der Waals surface area contributed by atoms with E-state index in [0.29, 0.717) is 11.1 Å². The van der Waals surface area contributed by atoms with Gasteiger partial charge in [-0.15, -0.1) is 0 Å². The maximum atomic E-state index is 13.6. The van der Waals surface area contributed by atoms with Crippen molar-refractivity contribution >= 4 is 39.6 Å². The fourth-order valence-corrected chi connectivity index (χ4v) is 4.40. The van der Waals surface area contributed by atoms with E-state index in [2.05, 4.69) is 21.3 Å². The molecule has 13 nitrogen and oxygen atoms in total. The highest BCUT2D eigenvalue weighted by Crippen LogP contribution is 2.15. The van der Waals surface area contributed by atoms with E-state index in [0.717, 1.165) is 11.7 Å². The lowest BCUT2D eigenvalue weighted by Crippen LogP contribution is -2.55. The van der Waals surface area contributed by atoms with E-state index in [1.54, 1.807) is 81.4 Å². The average molecular weight is 645 g/mol. The summed E-state index contributed by atoms with van der Waals surface area (Å²) in [4.78, 5) is 64.9. The average Bonchev–Trinajstić information content (AvgIpc) is 2.99. The standard InChI is InChI=1S/C31H40N4O9S/c1-5-43-25(36)19-24(33-31(40)44-20-22-13-8-6-9-14-22)28(37)35-27(23-15-10-7-11-16-23)30(39)34-26(21(2)3)29(38)32-17-12-18-45(4,41)42/h6-16,18,21,24,26-27H,5,17,19-20H2,1-4H3,(H,32,38)(H,33,40)(H,34,39)(H,35,37)/b18-12+/t24-,26-,27-/m0/s1. The maximum Gasteiger partial charge on any atom is 0.408 e. The lowest BCUT2D eigenvalue weighted by Gasteiger charge is -2.26. The molecule has 0 fully saturated rings. The fraction of sp³-hybridized carbons (Fsp3) is 0.387. The first kappa shape index (κ1) is 36.5. The first-order chi connectivity index (χ1) is 21.3. The predicted octanol–water partition coefficient (Wildman–Crippen LogP) is 1.91. The third kappa shape index (κ3) is 13.6. The Morgan fingerprint density at radius 3 is 2.02 bits per heavy atom. The Morgan fingerprint density at radius 2 is 1.44 bits per heavy atom. The number of esters is 1. The molecule has 14 heteroatoms. The number of benzene rings is 2. The van der Waals surface area contributed by atoms with E-state index < -0.39 is 70.1 Å². The van der Waals surface area contributed by atoms with Crippen molar-refractivity contribution in [3.8, 4) is 0 Å². The fourth-order valence-electron chi connectivity index (χ4n) is 3.96. The molecule has 0 spiro atoms. The third-order valence-electron chi connectivity index (χ3n) is 6.16. The number of sulfone groups is 1. The molecule has 0 saturated carbocycles. The molecule has 0 bridgehead atoms. The van der Waals surface area contributed by atoms with E-state index in [4.69, 9.17) is 9.47 Å². The second kappa shape index (κ2) is 18.2. The van der Waals surface area contributed by atoms with Gasteiger partial charge in [-0.3, -0.25) is 19.2 Å². The number of nitrogens with one attached hydrogen (secondary N) is 4. The van der Waals surface area contributed by atoms with E-state index in [1.165, 1.54) is 6.08 Å². The van der Waals surface area contributed by atoms with Gasteiger partial charge in [-0.25, -0.2) is 13.2 Å². The highest BCUT2D eigenvalue weighted by molar-refractivity contribution is 7.93. The van der Waals surface area contributed by atoms with Crippen LogP contribution in [-0.2, 0) is 45.1 Å². The number of hydrogen-bond acceptors (Lipinski definition) is 9. The molecule has 0 unspecified atom stereocenters. The number of alkyl carbamates (subject to hydrolysis) is 1. The Balaban J connectivity index is 2.23. The Bertz CT molecular complexity index is 1430. The molecular formula is C31H40N4O9S. The van der Waals surface area contributed by atoms with Gasteiger partial charge in [0.25, 0.3) is 0 Å². The van der Waals surface area contributed by atoms with Crippen molar-refractivity contribution in [2.24, 2.45) is 5.92 Å². The van der Waals surface area contributed by atoms with Gasteiger partial charge in [0.1, 0.15) is 24.7 Å². The zero-order valence-corrected chi connectivity index (χ0v) is 26.5. The summed E-state index contributed by atoms with van der Waals surface area (Å²) in [5, 5.41) is 11.1. The van der Waals surface area contributed by atoms with Crippen LogP contribution in [0.3, 0.4) is 0 Å². The summed E-state index contributed by atoms with van der Waals surface area (Å²) < 4.78 is 32.8. The molecule has 0 aliphatic heterocycles. The second-order valence-corrected chi connectivity index (χ2v) is 12.2. The molecule has 45 heavy (non-hydrogen) atoms. The third-order valence-corrected chi connectivity index (χ3v) is 6.85. The first-order valence-corrected chi connectivity index (χ1v) is 16.2. The first-order valence-electron chi connectivity index (χ1n) is 14.2. The normalized spacial score (nSPS) is 13.3. The molecule has 2 rings (SSSR count). The smallest absolute Gasteiger partial charge is 0.408 e. The number of ether oxygens (including phenoxy) is 2. The Hall–Kier alpha value is -4.72. The van der Waals surface area contributed by atoms with Gasteiger partial charge in [0.2, 0.25) is 17.7 Å². The quantitative estimate of drug-likeness (QED) is 0.198. The minimum Gasteiger partial charge on any atom is -0.466 e. The number of hydrogen-bond donors (Lipinski definition) is 4. The minimum atomic E-state index is -3.38. The van der Waals surface area contributed by atoms with Gasteiger partial charge >= 0.3 is 12.1 Å². The van der Waals surface area contributed by atoms with Gasteiger partial charge in [0.15, 0.2) is 9.84 Å². The molecule has 0 heterocycles. The van der Waals surface area contributed by atoms with Crippen molar-refractivity contribution in [1.29, 1.82) is 0 Å². The molecule has 0 radical (unpaired) electrons. The molecule has 244 valence electrons. The monoisotopic (exact) mass is 644 g/mol. The predicted molar refractivity (Wildman–Crippen MR) is 166 cm³/mol. The largest absolute Gasteiger partial charge is 0.466 e. The molecule has 0 saturated heterocycles. The van der Waals surface area contributed by atoms with E-state index in [-0.39, 0.29) is 19.8 Å². The van der Waals surface area contributed by atoms with Crippen molar-refractivity contribution < 1.29 is 41.9 Å². The van der Waals surface area contributed by atoms with Crippen LogP contribution < -0.4 is 21.3 Å². The van der Waals surface area contributed by atoms with Gasteiger partial charge in [-0.05, 0) is 24.0 Å². The van der Waals surface area contributed by atoms with Gasteiger partial charge in [-0.1, -0.05) is 80.6 Å². The SMILES string of the molecule is CCOC(=O)C[C@H](NC(=O)OCc1ccccc1)C(=O)N[C@H](C(=O)N[C@H](C(=O)NC/C=C/S(C)(=O)=O)C(C)C)c1ccccc1. The summed E-state index contributed by atoms with van der Waals surface area (Å²) in [6.45, 7) is 4.86. The summed E-state index contributed by atoms with van der Waals surface area (Å²) in [6, 6.07) is 13.2. The molecule has 2 aromatic carbocycles. The molecule has 0 aliphatic rings. The molecule has 4 N–H and O–H groups in total. The van der Waals surface area contributed by atoms with E-state index >= 15 is 0 Å². The summed E-state index contributed by atoms with van der Waals surface area (Å²) in [5.74, 6) is -3.34. The van der Waals surface area contributed by atoms with Crippen molar-refractivity contribution in [1.82, 2.24) is 21.3 Å². The Labute approximate surface area is 263 Å². The van der Waals surface area contributed by atoms with Crippen LogP contribution in [0.5, 0.6) is 0 Å². The van der Waals surface area contributed by atoms with Crippen LogP contribution in [-0.4, -0.2) is 69.7 Å². The van der Waals surface area contributed by atoms with Gasteiger partial charge in [0.05, 0.1) is 13.0 Å². The van der Waals surface area contributed by atoms with Gasteiger partial charge in [-0.2, -0.15) is 0 Å². The van der Waals surface area contributed by atoms with E-state index in [9.17, 15) is 32.4 Å². The zero-order valence-electron chi connectivity index (χ0n) is 25.6. The zero-order chi connectivity index (χ0) is 33.4. The van der Waals surface area contributed by atoms with Crippen molar-refractivity contribution in [2.75, 3.05) is 19.4 Å². The van der Waals surface area contributed by atoms with Gasteiger partial charge < -0.3 is 30.7 Å². The maximum absolute atomic E-state index is 13.6. The molecule has 0 aromatic heterocycles. The van der Waals surface area contributed by atoms with Crippen molar-refractivity contribution in [2.45, 2.75) is 51.9 Å². The minimum absolute atomic E-state index is 0.0450. The topological polar surface area (TPSA) is 186 Å². The molecular weight excluding hydrogens is 604 g/mol. The van der Waals surface area contributed by atoms with Crippen LogP contribution in [0, 0.1) is 5.92 Å².